The van der Waals surface area contributed by atoms with Gasteiger partial charge in [-0.1, -0.05) is 0 Å². The summed E-state index contributed by atoms with van der Waals surface area (Å²) in [6.45, 7) is 1.01. The van der Waals surface area contributed by atoms with E-state index in [1.807, 2.05) is 0 Å². The van der Waals surface area contributed by atoms with E-state index in [0.29, 0.717) is 30.3 Å². The summed E-state index contributed by atoms with van der Waals surface area (Å²) in [5, 5.41) is 22.9. The lowest BCUT2D eigenvalue weighted by Gasteiger charge is -2.20. The van der Waals surface area contributed by atoms with Gasteiger partial charge in [0, 0.05) is 6.54 Å². The van der Waals surface area contributed by atoms with E-state index in [1.54, 1.807) is 9.25 Å². The van der Waals surface area contributed by atoms with E-state index in [1.165, 1.54) is 6.20 Å². The zero-order valence-electron chi connectivity index (χ0n) is 8.87. The predicted molar refractivity (Wildman–Crippen MR) is 57.3 cm³/mol. The van der Waals surface area contributed by atoms with Crippen molar-refractivity contribution in [1.82, 2.24) is 19.3 Å². The maximum Gasteiger partial charge on any atom is 0.242 e. The molecule has 0 spiro atoms. The molecule has 1 aliphatic rings. The summed E-state index contributed by atoms with van der Waals surface area (Å²) < 4.78 is 3.32. The molecule has 3 rings (SSSR count). The highest BCUT2D eigenvalue weighted by Crippen LogP contribution is 2.28. The number of aromatic nitrogens is 4. The van der Waals surface area contributed by atoms with E-state index >= 15 is 0 Å². The third-order valence-electron chi connectivity index (χ3n) is 2.88. The first-order valence-electron chi connectivity index (χ1n) is 5.17. The summed E-state index contributed by atoms with van der Waals surface area (Å²) >= 11 is 0. The lowest BCUT2D eigenvalue weighted by molar-refractivity contribution is 0.268. The molecule has 0 radical (unpaired) electrons. The summed E-state index contributed by atoms with van der Waals surface area (Å²) in [7, 11) is 0. The molecule has 7 heteroatoms. The SMILES string of the molecule is O=c1cnn2c(c1O)-c1ncc(CO)n1CC2. The highest BCUT2D eigenvalue weighted by atomic mass is 16.3. The van der Waals surface area contributed by atoms with Crippen LogP contribution in [0.15, 0.2) is 17.2 Å². The van der Waals surface area contributed by atoms with Crippen molar-refractivity contribution in [3.8, 4) is 17.3 Å². The number of aliphatic hydroxyl groups is 1. The van der Waals surface area contributed by atoms with Crippen LogP contribution in [0.5, 0.6) is 5.75 Å². The Kier molecular flexibility index (Phi) is 2.02. The number of fused-ring (bicyclic) bond motifs is 3. The molecule has 0 saturated heterocycles. The molecule has 0 fully saturated rings. The molecule has 17 heavy (non-hydrogen) atoms. The van der Waals surface area contributed by atoms with Gasteiger partial charge in [-0.15, -0.1) is 0 Å². The molecule has 2 aromatic rings. The Morgan fingerprint density at radius 1 is 1.35 bits per heavy atom. The number of imidazole rings is 1. The van der Waals surface area contributed by atoms with Gasteiger partial charge in [-0.25, -0.2) is 4.98 Å². The molecule has 88 valence electrons. The fourth-order valence-electron chi connectivity index (χ4n) is 2.04. The molecular formula is C10H10N4O3. The predicted octanol–water partition coefficient (Wildman–Crippen LogP) is -0.682. The molecule has 2 aromatic heterocycles. The first kappa shape index (κ1) is 10.0. The molecule has 0 atom stereocenters. The highest BCUT2D eigenvalue weighted by molar-refractivity contribution is 5.60. The molecule has 0 aliphatic carbocycles. The Hall–Kier alpha value is -2.15. The zero-order chi connectivity index (χ0) is 12.0. The van der Waals surface area contributed by atoms with E-state index in [2.05, 4.69) is 10.1 Å². The van der Waals surface area contributed by atoms with Crippen LogP contribution in [0.4, 0.5) is 0 Å². The Labute approximate surface area is 95.6 Å². The first-order chi connectivity index (χ1) is 8.22. The summed E-state index contributed by atoms with van der Waals surface area (Å²) in [4.78, 5) is 15.5. The number of rotatable bonds is 1. The Morgan fingerprint density at radius 2 is 2.18 bits per heavy atom. The summed E-state index contributed by atoms with van der Waals surface area (Å²) in [6, 6.07) is 0. The lowest BCUT2D eigenvalue weighted by Crippen LogP contribution is -2.24. The fourth-order valence-corrected chi connectivity index (χ4v) is 2.04. The number of aromatic hydroxyl groups is 1. The van der Waals surface area contributed by atoms with Crippen LogP contribution in [0.25, 0.3) is 11.5 Å². The third kappa shape index (κ3) is 1.29. The molecule has 0 amide bonds. The van der Waals surface area contributed by atoms with E-state index in [-0.39, 0.29) is 12.4 Å². The average molecular weight is 234 g/mol. The van der Waals surface area contributed by atoms with Gasteiger partial charge < -0.3 is 14.8 Å². The normalized spacial score (nSPS) is 13.2. The highest BCUT2D eigenvalue weighted by Gasteiger charge is 2.24. The van der Waals surface area contributed by atoms with Crippen LogP contribution in [0.3, 0.4) is 0 Å². The van der Waals surface area contributed by atoms with Crippen molar-refractivity contribution in [2.24, 2.45) is 0 Å². The minimum absolute atomic E-state index is 0.127. The van der Waals surface area contributed by atoms with Crippen molar-refractivity contribution in [1.29, 1.82) is 0 Å². The van der Waals surface area contributed by atoms with Crippen LogP contribution >= 0.6 is 0 Å². The van der Waals surface area contributed by atoms with E-state index in [4.69, 9.17) is 5.11 Å². The summed E-state index contributed by atoms with van der Waals surface area (Å²) in [6.07, 6.45) is 2.62. The second-order valence-corrected chi connectivity index (χ2v) is 3.81. The van der Waals surface area contributed by atoms with E-state index in [0.717, 1.165) is 6.20 Å². The molecule has 1 aliphatic heterocycles. The van der Waals surface area contributed by atoms with Gasteiger partial charge in [0.25, 0.3) is 0 Å². The van der Waals surface area contributed by atoms with Crippen molar-refractivity contribution >= 4 is 0 Å². The molecule has 0 unspecified atom stereocenters. The van der Waals surface area contributed by atoms with Crippen LogP contribution in [0, 0.1) is 0 Å². The number of aliphatic hydroxyl groups excluding tert-OH is 1. The number of nitrogens with zero attached hydrogens (tertiary/aromatic N) is 4. The smallest absolute Gasteiger partial charge is 0.242 e. The zero-order valence-corrected chi connectivity index (χ0v) is 8.87. The van der Waals surface area contributed by atoms with Gasteiger partial charge >= 0.3 is 0 Å². The lowest BCUT2D eigenvalue weighted by atomic mass is 10.2. The molecule has 2 N–H and O–H groups in total. The van der Waals surface area contributed by atoms with Gasteiger partial charge in [-0.3, -0.25) is 9.48 Å². The quantitative estimate of drug-likeness (QED) is 0.681. The minimum Gasteiger partial charge on any atom is -0.503 e. The summed E-state index contributed by atoms with van der Waals surface area (Å²) in [5.41, 5.74) is 0.434. The largest absolute Gasteiger partial charge is 0.503 e. The van der Waals surface area contributed by atoms with Crippen LogP contribution in [0.1, 0.15) is 5.69 Å². The Bertz CT molecular complexity index is 643. The maximum atomic E-state index is 11.4. The third-order valence-corrected chi connectivity index (χ3v) is 2.88. The topological polar surface area (TPSA) is 93.2 Å². The number of hydrogen-bond acceptors (Lipinski definition) is 5. The molecule has 0 aromatic carbocycles. The molecule has 0 bridgehead atoms. The van der Waals surface area contributed by atoms with Gasteiger partial charge in [0.05, 0.1) is 31.2 Å². The van der Waals surface area contributed by atoms with Gasteiger partial charge in [0.15, 0.2) is 11.6 Å². The molecular weight excluding hydrogens is 224 g/mol. The molecule has 0 saturated carbocycles. The minimum atomic E-state index is -0.529. The van der Waals surface area contributed by atoms with Crippen LogP contribution in [-0.4, -0.2) is 29.5 Å². The van der Waals surface area contributed by atoms with Crippen LogP contribution in [0.2, 0.25) is 0 Å². The van der Waals surface area contributed by atoms with E-state index in [9.17, 15) is 9.90 Å². The van der Waals surface area contributed by atoms with Crippen molar-refractivity contribution in [3.05, 3.63) is 28.3 Å². The van der Waals surface area contributed by atoms with Crippen LogP contribution < -0.4 is 5.43 Å². The van der Waals surface area contributed by atoms with Crippen molar-refractivity contribution < 1.29 is 10.2 Å². The van der Waals surface area contributed by atoms with Gasteiger partial charge in [0.2, 0.25) is 5.43 Å². The van der Waals surface area contributed by atoms with Crippen molar-refractivity contribution in [3.63, 3.8) is 0 Å². The van der Waals surface area contributed by atoms with Crippen molar-refractivity contribution in [2.75, 3.05) is 0 Å². The van der Waals surface area contributed by atoms with Gasteiger partial charge in [-0.2, -0.15) is 5.10 Å². The monoisotopic (exact) mass is 234 g/mol. The summed E-state index contributed by atoms with van der Waals surface area (Å²) in [5.74, 6) is 0.110. The van der Waals surface area contributed by atoms with Crippen LogP contribution in [-0.2, 0) is 19.7 Å². The first-order valence-corrected chi connectivity index (χ1v) is 5.17. The fraction of sp³-hybridized carbons (Fsp3) is 0.300. The molecule has 3 heterocycles. The Morgan fingerprint density at radius 3 is 2.94 bits per heavy atom. The number of hydrogen-bond donors (Lipinski definition) is 2. The van der Waals surface area contributed by atoms with Gasteiger partial charge in [-0.05, 0) is 0 Å². The van der Waals surface area contributed by atoms with Gasteiger partial charge in [0.1, 0.15) is 5.69 Å². The van der Waals surface area contributed by atoms with Crippen molar-refractivity contribution in [2.45, 2.75) is 19.7 Å². The Balaban J connectivity index is 2.32. The second kappa shape index (κ2) is 3.42. The maximum absolute atomic E-state index is 11.4. The molecule has 7 nitrogen and oxygen atoms in total. The van der Waals surface area contributed by atoms with E-state index < -0.39 is 5.43 Å². The standard InChI is InChI=1S/C10H10N4O3/c15-5-6-3-11-10-8-9(17)7(16)4-12-14(8)2-1-13(6)10/h3-4,15,17H,1-2,5H2. The second-order valence-electron chi connectivity index (χ2n) is 3.81. The number of aryl methyl sites for hydroxylation is 1. The average Bonchev–Trinajstić information content (AvgIpc) is 2.76.